The number of methoxy groups -OCH3 is 2. The molecule has 0 unspecified atom stereocenters. The van der Waals surface area contributed by atoms with Crippen LogP contribution in [0.4, 0.5) is 0 Å². The van der Waals surface area contributed by atoms with Crippen LogP contribution in [0.5, 0.6) is 5.75 Å². The average molecular weight is 404 g/mol. The maximum absolute atomic E-state index is 5.53. The number of hydrogen-bond donors (Lipinski definition) is 0. The maximum atomic E-state index is 5.53. The highest BCUT2D eigenvalue weighted by Crippen LogP contribution is 2.25. The van der Waals surface area contributed by atoms with Crippen molar-refractivity contribution >= 4 is 0 Å². The van der Waals surface area contributed by atoms with Crippen LogP contribution >= 0.6 is 0 Å². The summed E-state index contributed by atoms with van der Waals surface area (Å²) in [5.74, 6) is 1.82. The lowest BCUT2D eigenvalue weighted by atomic mass is 9.93. The van der Waals surface area contributed by atoms with Gasteiger partial charge < -0.3 is 14.4 Å². The van der Waals surface area contributed by atoms with E-state index in [1.165, 1.54) is 70.5 Å². The van der Waals surface area contributed by atoms with Crippen LogP contribution in [0.1, 0.15) is 38.2 Å². The van der Waals surface area contributed by atoms with E-state index >= 15 is 0 Å². The van der Waals surface area contributed by atoms with Crippen molar-refractivity contribution in [3.05, 3.63) is 29.8 Å². The van der Waals surface area contributed by atoms with E-state index < -0.39 is 0 Å². The third-order valence-electron chi connectivity index (χ3n) is 6.89. The highest BCUT2D eigenvalue weighted by molar-refractivity contribution is 5.33. The Balaban J connectivity index is 1.48. The molecule has 164 valence electrons. The number of likely N-dealkylation sites (tertiary alicyclic amines) is 2. The number of piperidine rings is 2. The van der Waals surface area contributed by atoms with Crippen LogP contribution in [0.3, 0.4) is 0 Å². The zero-order valence-electron chi connectivity index (χ0n) is 18.8. The first-order valence-electron chi connectivity index (χ1n) is 11.5. The van der Waals surface area contributed by atoms with E-state index in [1.54, 1.807) is 7.11 Å². The SMILES string of the molecule is CCN1CCC(N(CCOC)CC2CCN(Cc3ccccc3OC)CC2)CC1. The Morgan fingerprint density at radius 2 is 1.66 bits per heavy atom. The summed E-state index contributed by atoms with van der Waals surface area (Å²) in [4.78, 5) is 7.92. The van der Waals surface area contributed by atoms with Gasteiger partial charge >= 0.3 is 0 Å². The van der Waals surface area contributed by atoms with E-state index in [9.17, 15) is 0 Å². The van der Waals surface area contributed by atoms with Crippen LogP contribution in [-0.2, 0) is 11.3 Å². The van der Waals surface area contributed by atoms with Crippen LogP contribution in [0, 0.1) is 5.92 Å². The molecule has 0 aliphatic carbocycles. The van der Waals surface area contributed by atoms with Gasteiger partial charge in [0.1, 0.15) is 5.75 Å². The van der Waals surface area contributed by atoms with Gasteiger partial charge in [-0.2, -0.15) is 0 Å². The van der Waals surface area contributed by atoms with Gasteiger partial charge in [-0.25, -0.2) is 0 Å². The largest absolute Gasteiger partial charge is 0.496 e. The molecule has 3 rings (SSSR count). The molecule has 0 spiro atoms. The Labute approximate surface area is 177 Å². The summed E-state index contributed by atoms with van der Waals surface area (Å²) in [6, 6.07) is 9.16. The van der Waals surface area contributed by atoms with Crippen molar-refractivity contribution in [1.29, 1.82) is 0 Å². The molecule has 0 N–H and O–H groups in total. The molecule has 0 radical (unpaired) electrons. The number of hydrogen-bond acceptors (Lipinski definition) is 5. The zero-order valence-corrected chi connectivity index (χ0v) is 18.8. The molecule has 2 fully saturated rings. The summed E-state index contributed by atoms with van der Waals surface area (Å²) in [6.07, 6.45) is 5.22. The minimum absolute atomic E-state index is 0.736. The number of benzene rings is 1. The molecule has 2 aliphatic heterocycles. The fourth-order valence-corrected chi connectivity index (χ4v) is 4.97. The molecule has 1 aromatic rings. The molecule has 0 atom stereocenters. The van der Waals surface area contributed by atoms with Crippen molar-refractivity contribution in [1.82, 2.24) is 14.7 Å². The first-order valence-corrected chi connectivity index (χ1v) is 11.5. The van der Waals surface area contributed by atoms with Gasteiger partial charge in [0.05, 0.1) is 13.7 Å². The second kappa shape index (κ2) is 11.9. The van der Waals surface area contributed by atoms with Gasteiger partial charge in [0, 0.05) is 38.3 Å². The van der Waals surface area contributed by atoms with E-state index in [0.717, 1.165) is 37.4 Å². The minimum atomic E-state index is 0.736. The van der Waals surface area contributed by atoms with E-state index in [2.05, 4.69) is 39.8 Å². The molecule has 5 nitrogen and oxygen atoms in total. The second-order valence-corrected chi connectivity index (χ2v) is 8.68. The van der Waals surface area contributed by atoms with Gasteiger partial charge in [-0.05, 0) is 70.4 Å². The second-order valence-electron chi connectivity index (χ2n) is 8.68. The van der Waals surface area contributed by atoms with Crippen LogP contribution in [0.2, 0.25) is 0 Å². The predicted octanol–water partition coefficient (Wildman–Crippen LogP) is 3.34. The Hall–Kier alpha value is -1.14. The third-order valence-corrected chi connectivity index (χ3v) is 6.89. The van der Waals surface area contributed by atoms with Crippen LogP contribution < -0.4 is 4.74 Å². The lowest BCUT2D eigenvalue weighted by Gasteiger charge is -2.41. The molecule has 2 aliphatic rings. The first-order chi connectivity index (χ1) is 14.2. The van der Waals surface area contributed by atoms with Crippen molar-refractivity contribution in [2.24, 2.45) is 5.92 Å². The molecule has 0 saturated carbocycles. The number of rotatable bonds is 10. The lowest BCUT2D eigenvalue weighted by molar-refractivity contribution is 0.0557. The topological polar surface area (TPSA) is 28.2 Å². The summed E-state index contributed by atoms with van der Waals surface area (Å²) < 4.78 is 11.0. The fourth-order valence-electron chi connectivity index (χ4n) is 4.97. The third kappa shape index (κ3) is 6.68. The summed E-state index contributed by atoms with van der Waals surface area (Å²) in [6.45, 7) is 12.5. The predicted molar refractivity (Wildman–Crippen MR) is 120 cm³/mol. The standard InChI is InChI=1S/C24H41N3O2/c1-4-25-15-11-23(12-16-25)27(17-18-28-2)19-21-9-13-26(14-10-21)20-22-7-5-6-8-24(22)29-3/h5-8,21,23H,4,9-20H2,1-3H3. The normalized spacial score (nSPS) is 20.4. The van der Waals surface area contributed by atoms with E-state index in [0.29, 0.717) is 0 Å². The summed E-state index contributed by atoms with van der Waals surface area (Å²) in [5.41, 5.74) is 1.30. The molecule has 0 amide bonds. The molecule has 1 aromatic carbocycles. The minimum Gasteiger partial charge on any atom is -0.496 e. The van der Waals surface area contributed by atoms with E-state index in [4.69, 9.17) is 9.47 Å². The molecule has 0 aromatic heterocycles. The molecular weight excluding hydrogens is 362 g/mol. The molecule has 2 heterocycles. The monoisotopic (exact) mass is 403 g/mol. The Morgan fingerprint density at radius 1 is 0.966 bits per heavy atom. The van der Waals surface area contributed by atoms with Gasteiger partial charge in [-0.3, -0.25) is 9.80 Å². The van der Waals surface area contributed by atoms with Crippen molar-refractivity contribution in [2.75, 3.05) is 66.6 Å². The van der Waals surface area contributed by atoms with Crippen molar-refractivity contribution in [3.63, 3.8) is 0 Å². The van der Waals surface area contributed by atoms with Crippen molar-refractivity contribution in [3.8, 4) is 5.75 Å². The summed E-state index contributed by atoms with van der Waals surface area (Å²) >= 11 is 0. The fraction of sp³-hybridized carbons (Fsp3) is 0.750. The summed E-state index contributed by atoms with van der Waals surface area (Å²) in [7, 11) is 3.60. The maximum Gasteiger partial charge on any atom is 0.123 e. The highest BCUT2D eigenvalue weighted by Gasteiger charge is 2.28. The lowest BCUT2D eigenvalue weighted by Crippen LogP contribution is -2.48. The van der Waals surface area contributed by atoms with E-state index in [-0.39, 0.29) is 0 Å². The van der Waals surface area contributed by atoms with Gasteiger partial charge in [-0.1, -0.05) is 25.1 Å². The number of para-hydroxylation sites is 1. The van der Waals surface area contributed by atoms with Gasteiger partial charge in [0.15, 0.2) is 0 Å². The molecule has 29 heavy (non-hydrogen) atoms. The number of nitrogens with zero attached hydrogens (tertiary/aromatic N) is 3. The smallest absolute Gasteiger partial charge is 0.123 e. The number of ether oxygens (including phenoxy) is 2. The van der Waals surface area contributed by atoms with Crippen LogP contribution in [0.25, 0.3) is 0 Å². The average Bonchev–Trinajstić information content (AvgIpc) is 2.78. The van der Waals surface area contributed by atoms with Gasteiger partial charge in [0.25, 0.3) is 0 Å². The van der Waals surface area contributed by atoms with Gasteiger partial charge in [-0.15, -0.1) is 0 Å². The highest BCUT2D eigenvalue weighted by atomic mass is 16.5. The summed E-state index contributed by atoms with van der Waals surface area (Å²) in [5, 5.41) is 0. The Kier molecular flexibility index (Phi) is 9.25. The van der Waals surface area contributed by atoms with Gasteiger partial charge in [0.2, 0.25) is 0 Å². The first kappa shape index (κ1) is 22.5. The Bertz CT molecular complexity index is 581. The van der Waals surface area contributed by atoms with Crippen LogP contribution in [0.15, 0.2) is 24.3 Å². The van der Waals surface area contributed by atoms with E-state index in [1.807, 2.05) is 13.2 Å². The van der Waals surface area contributed by atoms with Crippen LogP contribution in [-0.4, -0.2) is 87.4 Å². The molecular formula is C24H41N3O2. The van der Waals surface area contributed by atoms with Crippen molar-refractivity contribution < 1.29 is 9.47 Å². The molecule has 5 heteroatoms. The molecule has 2 saturated heterocycles. The Morgan fingerprint density at radius 3 is 2.31 bits per heavy atom. The zero-order chi connectivity index (χ0) is 20.5. The quantitative estimate of drug-likeness (QED) is 0.597. The molecule has 0 bridgehead atoms. The van der Waals surface area contributed by atoms with Crippen molar-refractivity contribution in [2.45, 2.75) is 45.2 Å².